The molecule has 0 aliphatic rings. The average Bonchev–Trinajstić information content (AvgIpc) is 3.00. The van der Waals surface area contributed by atoms with Crippen molar-refractivity contribution in [3.8, 4) is 11.5 Å². The first-order valence-corrected chi connectivity index (χ1v) is 14.6. The molecule has 5 atom stereocenters. The van der Waals surface area contributed by atoms with Gasteiger partial charge in [-0.1, -0.05) is 44.5 Å². The number of aromatic hydroxyl groups is 2. The first-order valence-electron chi connectivity index (χ1n) is 14.6. The second-order valence-corrected chi connectivity index (χ2v) is 10.7. The molecule has 0 spiro atoms. The lowest BCUT2D eigenvalue weighted by Crippen LogP contribution is -2.58. The van der Waals surface area contributed by atoms with Crippen molar-refractivity contribution in [1.29, 1.82) is 0 Å². The molecule has 240 valence electrons. The summed E-state index contributed by atoms with van der Waals surface area (Å²) < 4.78 is 0. The van der Waals surface area contributed by atoms with Crippen LogP contribution in [0.1, 0.15) is 50.7 Å². The standard InChI is InChI=1S/C31H44N6O7/c1-3-19(2)27(30(44)35-22(18-38)5-4-16-34-31(32)33)37-28(42)25(15-10-20-6-11-23(39)12-7-20)36-29(43)26(41)17-21-8-13-24(40)14-9-21/h6-9,11-14,18-19,22,25-27,39-41H,3-5,10,15-17H2,1-2H3,(H,35,44)(H,36,43)(H,37,42)(H4,32,33,34)/t19-,22?,25+,26?,27-/m0/s1. The number of aldehydes is 1. The Morgan fingerprint density at radius 3 is 2.00 bits per heavy atom. The summed E-state index contributed by atoms with van der Waals surface area (Å²) >= 11 is 0. The molecule has 0 saturated heterocycles. The van der Waals surface area contributed by atoms with Crippen LogP contribution in [0.25, 0.3) is 0 Å². The lowest BCUT2D eigenvalue weighted by Gasteiger charge is -2.28. The number of rotatable bonds is 18. The van der Waals surface area contributed by atoms with Crippen LogP contribution in [0.4, 0.5) is 0 Å². The van der Waals surface area contributed by atoms with Gasteiger partial charge < -0.3 is 47.5 Å². The molecule has 0 heterocycles. The predicted octanol–water partition coefficient (Wildman–Crippen LogP) is 0.387. The van der Waals surface area contributed by atoms with Crippen molar-refractivity contribution in [2.75, 3.05) is 6.54 Å². The molecule has 2 aromatic rings. The van der Waals surface area contributed by atoms with Crippen LogP contribution in [0.5, 0.6) is 11.5 Å². The summed E-state index contributed by atoms with van der Waals surface area (Å²) in [6, 6.07) is 9.47. The van der Waals surface area contributed by atoms with Gasteiger partial charge in [-0.15, -0.1) is 0 Å². The molecular formula is C31H44N6O7. The van der Waals surface area contributed by atoms with E-state index in [0.29, 0.717) is 31.1 Å². The minimum absolute atomic E-state index is 0.0453. The van der Waals surface area contributed by atoms with Crippen LogP contribution >= 0.6 is 0 Å². The number of aryl methyl sites for hydroxylation is 1. The zero-order valence-electron chi connectivity index (χ0n) is 25.1. The summed E-state index contributed by atoms with van der Waals surface area (Å²) in [5, 5.41) is 37.7. The summed E-state index contributed by atoms with van der Waals surface area (Å²) in [6.45, 7) is 3.92. The van der Waals surface area contributed by atoms with E-state index in [4.69, 9.17) is 11.5 Å². The van der Waals surface area contributed by atoms with Gasteiger partial charge in [0, 0.05) is 13.0 Å². The van der Waals surface area contributed by atoms with E-state index in [-0.39, 0.29) is 49.2 Å². The zero-order valence-corrected chi connectivity index (χ0v) is 25.1. The summed E-state index contributed by atoms with van der Waals surface area (Å²) in [4.78, 5) is 55.3. The minimum Gasteiger partial charge on any atom is -0.508 e. The van der Waals surface area contributed by atoms with Crippen molar-refractivity contribution in [2.24, 2.45) is 22.4 Å². The van der Waals surface area contributed by atoms with Gasteiger partial charge in [0.05, 0.1) is 6.04 Å². The average molecular weight is 613 g/mol. The van der Waals surface area contributed by atoms with E-state index in [9.17, 15) is 34.5 Å². The number of guanidine groups is 1. The quantitative estimate of drug-likeness (QED) is 0.0503. The topological polar surface area (TPSA) is 229 Å². The number of aliphatic imine (C=N–C) groups is 1. The number of amides is 3. The largest absolute Gasteiger partial charge is 0.508 e. The number of hydrogen-bond acceptors (Lipinski definition) is 8. The van der Waals surface area contributed by atoms with E-state index < -0.39 is 42.0 Å². The molecule has 44 heavy (non-hydrogen) atoms. The molecule has 0 aromatic heterocycles. The number of phenolic OH excluding ortho intramolecular Hbond substituents is 2. The van der Waals surface area contributed by atoms with Crippen LogP contribution < -0.4 is 27.4 Å². The van der Waals surface area contributed by atoms with E-state index in [0.717, 1.165) is 5.56 Å². The molecule has 0 aliphatic carbocycles. The Labute approximate surface area is 257 Å². The Balaban J connectivity index is 2.17. The maximum absolute atomic E-state index is 13.6. The van der Waals surface area contributed by atoms with Crippen LogP contribution in [0, 0.1) is 5.92 Å². The Morgan fingerprint density at radius 1 is 0.864 bits per heavy atom. The molecule has 0 bridgehead atoms. The van der Waals surface area contributed by atoms with E-state index in [2.05, 4.69) is 20.9 Å². The number of aliphatic hydroxyl groups is 1. The smallest absolute Gasteiger partial charge is 0.249 e. The molecule has 2 rings (SSSR count). The van der Waals surface area contributed by atoms with Gasteiger partial charge >= 0.3 is 0 Å². The second-order valence-electron chi connectivity index (χ2n) is 10.7. The van der Waals surface area contributed by atoms with Crippen molar-refractivity contribution in [2.45, 2.75) is 76.6 Å². The molecule has 0 fully saturated rings. The summed E-state index contributed by atoms with van der Waals surface area (Å²) in [7, 11) is 0. The molecule has 0 aliphatic heterocycles. The number of carbonyl (C=O) groups is 4. The van der Waals surface area contributed by atoms with Gasteiger partial charge in [0.25, 0.3) is 0 Å². The zero-order chi connectivity index (χ0) is 32.6. The lowest BCUT2D eigenvalue weighted by atomic mass is 9.96. The highest BCUT2D eigenvalue weighted by Crippen LogP contribution is 2.15. The van der Waals surface area contributed by atoms with Crippen LogP contribution in [0.2, 0.25) is 0 Å². The molecule has 2 aromatic carbocycles. The number of phenols is 2. The van der Waals surface area contributed by atoms with Gasteiger partial charge in [0.2, 0.25) is 17.7 Å². The summed E-state index contributed by atoms with van der Waals surface area (Å²) in [6.07, 6.45) is 0.818. The SMILES string of the molecule is CC[C@H](C)[C@H](NC(=O)[C@@H](CCc1ccc(O)cc1)NC(=O)C(O)Cc1ccc(O)cc1)C(=O)NC(C=O)CCCN=C(N)N. The van der Waals surface area contributed by atoms with Crippen LogP contribution in [-0.2, 0) is 32.0 Å². The molecule has 3 amide bonds. The molecule has 0 saturated carbocycles. The van der Waals surface area contributed by atoms with E-state index in [1.165, 1.54) is 24.3 Å². The molecule has 10 N–H and O–H groups in total. The third-order valence-corrected chi connectivity index (χ3v) is 7.21. The van der Waals surface area contributed by atoms with Crippen LogP contribution in [-0.4, -0.2) is 76.1 Å². The highest BCUT2D eigenvalue weighted by molar-refractivity contribution is 5.93. The van der Waals surface area contributed by atoms with Gasteiger partial charge in [-0.3, -0.25) is 19.4 Å². The monoisotopic (exact) mass is 612 g/mol. The first kappa shape index (κ1) is 35.5. The summed E-state index contributed by atoms with van der Waals surface area (Å²) in [5.74, 6) is -2.23. The Bertz CT molecular complexity index is 1250. The van der Waals surface area contributed by atoms with Gasteiger partial charge in [-0.25, -0.2) is 0 Å². The Hall–Kier alpha value is -4.65. The van der Waals surface area contributed by atoms with E-state index in [1.807, 2.05) is 6.92 Å². The number of carbonyl (C=O) groups excluding carboxylic acids is 4. The van der Waals surface area contributed by atoms with Crippen LogP contribution in [0.3, 0.4) is 0 Å². The van der Waals surface area contributed by atoms with Crippen LogP contribution in [0.15, 0.2) is 53.5 Å². The maximum Gasteiger partial charge on any atom is 0.249 e. The summed E-state index contributed by atoms with van der Waals surface area (Å²) in [5.41, 5.74) is 12.0. The fraction of sp³-hybridized carbons (Fsp3) is 0.452. The third kappa shape index (κ3) is 12.3. The van der Waals surface area contributed by atoms with Crippen molar-refractivity contribution >= 4 is 30.0 Å². The van der Waals surface area contributed by atoms with Gasteiger partial charge in [0.1, 0.15) is 36.0 Å². The van der Waals surface area contributed by atoms with Crippen molar-refractivity contribution in [3.63, 3.8) is 0 Å². The Kier molecular flexibility index (Phi) is 14.6. The normalized spacial score (nSPS) is 14.2. The highest BCUT2D eigenvalue weighted by atomic mass is 16.3. The maximum atomic E-state index is 13.6. The second kappa shape index (κ2) is 18.1. The molecule has 13 nitrogen and oxygen atoms in total. The number of hydrogen-bond donors (Lipinski definition) is 8. The molecular weight excluding hydrogens is 568 g/mol. The number of nitrogens with two attached hydrogens (primary N) is 2. The fourth-order valence-corrected chi connectivity index (χ4v) is 4.38. The van der Waals surface area contributed by atoms with Crippen molar-refractivity contribution in [1.82, 2.24) is 16.0 Å². The van der Waals surface area contributed by atoms with Gasteiger partial charge in [-0.2, -0.15) is 0 Å². The number of nitrogens with zero attached hydrogens (tertiary/aromatic N) is 1. The van der Waals surface area contributed by atoms with E-state index in [1.54, 1.807) is 31.2 Å². The number of aliphatic hydroxyl groups excluding tert-OH is 1. The lowest BCUT2D eigenvalue weighted by molar-refractivity contribution is -0.136. The van der Waals surface area contributed by atoms with Gasteiger partial charge in [-0.05, 0) is 67.0 Å². The molecule has 13 heteroatoms. The number of nitrogens with one attached hydrogen (secondary N) is 3. The predicted molar refractivity (Wildman–Crippen MR) is 165 cm³/mol. The molecule has 2 unspecified atom stereocenters. The van der Waals surface area contributed by atoms with E-state index >= 15 is 0 Å². The minimum atomic E-state index is -1.48. The fourth-order valence-electron chi connectivity index (χ4n) is 4.38. The van der Waals surface area contributed by atoms with Crippen molar-refractivity contribution < 1.29 is 34.5 Å². The van der Waals surface area contributed by atoms with Crippen molar-refractivity contribution in [3.05, 3.63) is 59.7 Å². The molecule has 0 radical (unpaired) electrons. The number of benzene rings is 2. The highest BCUT2D eigenvalue weighted by Gasteiger charge is 2.31. The van der Waals surface area contributed by atoms with Gasteiger partial charge in [0.15, 0.2) is 5.96 Å². The first-order chi connectivity index (χ1) is 20.9. The Morgan fingerprint density at radius 2 is 1.45 bits per heavy atom. The third-order valence-electron chi connectivity index (χ3n) is 7.21.